The number of hydrogen-bond donors (Lipinski definition) is 1. The summed E-state index contributed by atoms with van der Waals surface area (Å²) in [5.41, 5.74) is -1.90. The predicted octanol–water partition coefficient (Wildman–Crippen LogP) is 4.26. The molecule has 0 bridgehead atoms. The molecule has 186 valence electrons. The number of rotatable bonds is 3. The summed E-state index contributed by atoms with van der Waals surface area (Å²) >= 11 is 0. The largest absolute Gasteiger partial charge is 0.465 e. The molecule has 0 saturated heterocycles. The summed E-state index contributed by atoms with van der Waals surface area (Å²) in [7, 11) is -4.07. The van der Waals surface area contributed by atoms with Crippen molar-refractivity contribution in [1.29, 1.82) is 5.26 Å². The van der Waals surface area contributed by atoms with E-state index in [4.69, 9.17) is 0 Å². The number of benzene rings is 2. The summed E-state index contributed by atoms with van der Waals surface area (Å²) in [6.07, 6.45) is -6.02. The number of carbonyl (C=O) groups is 3. The fourth-order valence-electron chi connectivity index (χ4n) is 4.39. The Kier molecular flexibility index (Phi) is 5.88. The van der Waals surface area contributed by atoms with Crippen LogP contribution < -0.4 is 4.90 Å². The molecule has 9 nitrogen and oxygen atoms in total. The molecule has 2 aromatic rings. The minimum atomic E-state index is -4.75. The molecule has 1 aliphatic carbocycles. The van der Waals surface area contributed by atoms with Gasteiger partial charge in [0.1, 0.15) is 6.04 Å². The average molecular weight is 519 g/mol. The van der Waals surface area contributed by atoms with E-state index in [-0.39, 0.29) is 45.8 Å². The Morgan fingerprint density at radius 2 is 1.83 bits per heavy atom. The number of carbonyl (C=O) groups excluding carboxylic acids is 2. The van der Waals surface area contributed by atoms with E-state index in [0.717, 1.165) is 35.4 Å². The van der Waals surface area contributed by atoms with Crippen molar-refractivity contribution in [3.8, 4) is 6.07 Å². The minimum Gasteiger partial charge on any atom is -0.465 e. The molecule has 0 spiro atoms. The molecular weight excluding hydrogens is 503 g/mol. The summed E-state index contributed by atoms with van der Waals surface area (Å²) in [6.45, 7) is 0. The number of anilines is 1. The highest BCUT2D eigenvalue weighted by molar-refractivity contribution is 7.90. The Labute approximate surface area is 202 Å². The lowest BCUT2D eigenvalue weighted by Gasteiger charge is -2.40. The van der Waals surface area contributed by atoms with Gasteiger partial charge < -0.3 is 5.11 Å². The van der Waals surface area contributed by atoms with Gasteiger partial charge in [-0.05, 0) is 42.3 Å². The monoisotopic (exact) mass is 519 g/mol. The van der Waals surface area contributed by atoms with Crippen LogP contribution in [0.1, 0.15) is 35.6 Å². The maximum atomic E-state index is 13.5. The standard InChI is InChI=1S/C23H16F3N3O6S/c1-36(34,35)18-9-12(11-27)5-6-15(18)20-19-16(7-8-17(19)30)28(21(31)29(20)22(32)33)14-4-2-3-13(10-14)23(24,25)26/h2-6,9-10,20H,7-8H2,1H3,(H,32,33). The number of nitriles is 1. The van der Waals surface area contributed by atoms with Crippen molar-refractivity contribution < 1.29 is 41.1 Å². The first-order valence-electron chi connectivity index (χ1n) is 10.3. The fraction of sp³-hybridized carbons (Fsp3) is 0.217. The SMILES string of the molecule is CS(=O)(=O)c1cc(C#N)ccc1C1C2=C(CCC2=O)N(c2cccc(C(F)(F)F)c2)C(=O)N1C(=O)O. The zero-order valence-electron chi connectivity index (χ0n) is 18.4. The zero-order chi connectivity index (χ0) is 26.6. The molecule has 1 N–H and O–H groups in total. The molecule has 1 heterocycles. The van der Waals surface area contributed by atoms with Crippen LogP contribution in [0.4, 0.5) is 28.4 Å². The Morgan fingerprint density at radius 3 is 2.42 bits per heavy atom. The number of amides is 3. The third kappa shape index (κ3) is 4.09. The summed E-state index contributed by atoms with van der Waals surface area (Å²) in [4.78, 5) is 39.2. The molecule has 2 aromatic carbocycles. The maximum Gasteiger partial charge on any atom is 0.416 e. The number of allylic oxidation sites excluding steroid dienone is 1. The number of imide groups is 1. The third-order valence-electron chi connectivity index (χ3n) is 5.87. The van der Waals surface area contributed by atoms with E-state index in [2.05, 4.69) is 0 Å². The highest BCUT2D eigenvalue weighted by Gasteiger charge is 2.49. The molecule has 1 unspecified atom stereocenters. The van der Waals surface area contributed by atoms with Crippen molar-refractivity contribution in [1.82, 2.24) is 4.90 Å². The van der Waals surface area contributed by atoms with Gasteiger partial charge in [0.15, 0.2) is 15.6 Å². The lowest BCUT2D eigenvalue weighted by molar-refractivity contribution is -0.137. The first-order chi connectivity index (χ1) is 16.8. The topological polar surface area (TPSA) is 136 Å². The quantitative estimate of drug-likeness (QED) is 0.640. The number of halogens is 3. The predicted molar refractivity (Wildman–Crippen MR) is 117 cm³/mol. The van der Waals surface area contributed by atoms with Crippen LogP contribution in [0.3, 0.4) is 0 Å². The first-order valence-corrected chi connectivity index (χ1v) is 12.2. The lowest BCUT2D eigenvalue weighted by Crippen LogP contribution is -2.52. The highest BCUT2D eigenvalue weighted by atomic mass is 32.2. The summed E-state index contributed by atoms with van der Waals surface area (Å²) in [5.74, 6) is -0.588. The molecule has 0 radical (unpaired) electrons. The van der Waals surface area contributed by atoms with Crippen LogP contribution in [0.15, 0.2) is 58.6 Å². The zero-order valence-corrected chi connectivity index (χ0v) is 19.2. The molecule has 1 aliphatic heterocycles. The maximum absolute atomic E-state index is 13.5. The van der Waals surface area contributed by atoms with Crippen molar-refractivity contribution in [2.75, 3.05) is 11.2 Å². The van der Waals surface area contributed by atoms with Crippen LogP contribution in [0.2, 0.25) is 0 Å². The second-order valence-electron chi connectivity index (χ2n) is 8.14. The van der Waals surface area contributed by atoms with Gasteiger partial charge in [-0.25, -0.2) is 22.9 Å². The van der Waals surface area contributed by atoms with Crippen molar-refractivity contribution in [2.24, 2.45) is 0 Å². The molecule has 0 saturated carbocycles. The second kappa shape index (κ2) is 8.49. The molecule has 0 aromatic heterocycles. The highest BCUT2D eigenvalue weighted by Crippen LogP contribution is 2.47. The molecule has 3 amide bonds. The van der Waals surface area contributed by atoms with Gasteiger partial charge in [-0.1, -0.05) is 12.1 Å². The Balaban J connectivity index is 2.02. The molecule has 4 rings (SSSR count). The van der Waals surface area contributed by atoms with Crippen molar-refractivity contribution in [3.63, 3.8) is 0 Å². The van der Waals surface area contributed by atoms with Gasteiger partial charge in [-0.2, -0.15) is 18.4 Å². The number of urea groups is 1. The molecule has 1 atom stereocenters. The van der Waals surface area contributed by atoms with Crippen molar-refractivity contribution in [2.45, 2.75) is 30.0 Å². The van der Waals surface area contributed by atoms with Gasteiger partial charge >= 0.3 is 18.3 Å². The van der Waals surface area contributed by atoms with E-state index >= 15 is 0 Å². The van der Waals surface area contributed by atoms with E-state index in [1.807, 2.05) is 0 Å². The van der Waals surface area contributed by atoms with E-state index in [9.17, 15) is 46.3 Å². The van der Waals surface area contributed by atoms with Crippen LogP contribution in [-0.2, 0) is 20.8 Å². The number of hydrogen-bond acceptors (Lipinski definition) is 6. The van der Waals surface area contributed by atoms with Crippen LogP contribution >= 0.6 is 0 Å². The summed E-state index contributed by atoms with van der Waals surface area (Å²) in [5, 5.41) is 19.1. The minimum absolute atomic E-state index is 0.0179. The normalized spacial score (nSPS) is 18.4. The van der Waals surface area contributed by atoms with E-state index in [1.165, 1.54) is 12.1 Å². The molecule has 2 aliphatic rings. The van der Waals surface area contributed by atoms with Gasteiger partial charge in [0, 0.05) is 23.9 Å². The Bertz CT molecular complexity index is 1510. The van der Waals surface area contributed by atoms with Crippen molar-refractivity contribution in [3.05, 3.63) is 70.4 Å². The number of nitrogens with zero attached hydrogens (tertiary/aromatic N) is 3. The van der Waals surface area contributed by atoms with Gasteiger partial charge in [0.2, 0.25) is 0 Å². The van der Waals surface area contributed by atoms with Gasteiger partial charge in [0.25, 0.3) is 0 Å². The molecule has 0 fully saturated rings. The fourth-order valence-corrected chi connectivity index (χ4v) is 5.34. The number of Topliss-reactive ketones (excluding diaryl/α,β-unsaturated/α-hetero) is 1. The van der Waals surface area contributed by atoms with Crippen LogP contribution in [0, 0.1) is 11.3 Å². The smallest absolute Gasteiger partial charge is 0.416 e. The lowest BCUT2D eigenvalue weighted by atomic mass is 9.92. The second-order valence-corrected chi connectivity index (χ2v) is 10.1. The average Bonchev–Trinajstić information content (AvgIpc) is 3.17. The Morgan fingerprint density at radius 1 is 1.14 bits per heavy atom. The van der Waals surface area contributed by atoms with Crippen LogP contribution in [-0.4, -0.2) is 42.6 Å². The first kappa shape index (κ1) is 24.9. The molecular formula is C23H16F3N3O6S. The van der Waals surface area contributed by atoms with Gasteiger partial charge in [-0.3, -0.25) is 9.69 Å². The van der Waals surface area contributed by atoms with E-state index in [1.54, 1.807) is 6.07 Å². The van der Waals surface area contributed by atoms with Crippen molar-refractivity contribution >= 4 is 33.4 Å². The molecule has 13 heteroatoms. The number of alkyl halides is 3. The summed E-state index contributed by atoms with van der Waals surface area (Å²) < 4.78 is 65.0. The Hall–Kier alpha value is -4.18. The summed E-state index contributed by atoms with van der Waals surface area (Å²) in [6, 6.07) is 5.85. The van der Waals surface area contributed by atoms with Crippen LogP contribution in [0.5, 0.6) is 0 Å². The van der Waals surface area contributed by atoms with Crippen LogP contribution in [0.25, 0.3) is 0 Å². The number of carboxylic acid groups (broad SMARTS) is 1. The number of ketones is 1. The molecule has 36 heavy (non-hydrogen) atoms. The third-order valence-corrected chi connectivity index (χ3v) is 7.03. The van der Waals surface area contributed by atoms with E-state index < -0.39 is 50.4 Å². The van der Waals surface area contributed by atoms with Gasteiger partial charge in [0.05, 0.1) is 27.8 Å². The van der Waals surface area contributed by atoms with E-state index in [0.29, 0.717) is 6.07 Å². The van der Waals surface area contributed by atoms with Gasteiger partial charge in [-0.15, -0.1) is 0 Å². The number of sulfone groups is 1.